The lowest BCUT2D eigenvalue weighted by molar-refractivity contribution is 0.0904. The number of carbonyl (C=O) groups excluding carboxylic acids is 1. The van der Waals surface area contributed by atoms with Crippen LogP contribution in [0.25, 0.3) is 0 Å². The minimum Gasteiger partial charge on any atom is -0.382 e. The second-order valence-electron chi connectivity index (χ2n) is 5.50. The van der Waals surface area contributed by atoms with Crippen LogP contribution >= 0.6 is 11.3 Å². The summed E-state index contributed by atoms with van der Waals surface area (Å²) in [4.78, 5) is 12.9. The van der Waals surface area contributed by atoms with Gasteiger partial charge in [-0.2, -0.15) is 0 Å². The van der Waals surface area contributed by atoms with Crippen molar-refractivity contribution in [2.24, 2.45) is 0 Å². The Kier molecular flexibility index (Phi) is 4.75. The van der Waals surface area contributed by atoms with Crippen molar-refractivity contribution in [2.75, 3.05) is 23.8 Å². The summed E-state index contributed by atoms with van der Waals surface area (Å²) in [6.07, 6.45) is 2.08. The molecule has 4 nitrogen and oxygen atoms in total. The van der Waals surface area contributed by atoms with Gasteiger partial charge in [0.2, 0.25) is 0 Å². The standard InChI is InChI=1S/C17H20N2O2S/c1-12-8-11-22-16(12)17(20)19-14-4-2-13(3-5-14)18-15-6-9-21-10-7-15/h2-5,8,11,15,18H,6-7,9-10H2,1H3,(H,19,20). The highest BCUT2D eigenvalue weighted by atomic mass is 32.1. The van der Waals surface area contributed by atoms with Gasteiger partial charge in [-0.1, -0.05) is 0 Å². The van der Waals surface area contributed by atoms with E-state index in [1.165, 1.54) is 11.3 Å². The number of hydrogen-bond donors (Lipinski definition) is 2. The van der Waals surface area contributed by atoms with Gasteiger partial charge >= 0.3 is 0 Å². The van der Waals surface area contributed by atoms with Crippen LogP contribution in [0.1, 0.15) is 28.1 Å². The first-order valence-electron chi connectivity index (χ1n) is 7.52. The van der Waals surface area contributed by atoms with Gasteiger partial charge in [-0.25, -0.2) is 0 Å². The van der Waals surface area contributed by atoms with Crippen molar-refractivity contribution in [3.63, 3.8) is 0 Å². The van der Waals surface area contributed by atoms with Crippen LogP contribution in [-0.4, -0.2) is 25.2 Å². The van der Waals surface area contributed by atoms with Crippen molar-refractivity contribution in [1.82, 2.24) is 0 Å². The molecule has 1 amide bonds. The van der Waals surface area contributed by atoms with Crippen LogP contribution in [0, 0.1) is 6.92 Å². The van der Waals surface area contributed by atoms with Crippen LogP contribution in [0.5, 0.6) is 0 Å². The third kappa shape index (κ3) is 3.67. The molecule has 1 aliphatic rings. The Hall–Kier alpha value is -1.85. The van der Waals surface area contributed by atoms with E-state index < -0.39 is 0 Å². The second kappa shape index (κ2) is 6.94. The average molecular weight is 316 g/mol. The minimum atomic E-state index is -0.0439. The van der Waals surface area contributed by atoms with Crippen molar-refractivity contribution < 1.29 is 9.53 Å². The molecule has 5 heteroatoms. The molecule has 0 saturated carbocycles. The summed E-state index contributed by atoms with van der Waals surface area (Å²) in [5.74, 6) is -0.0439. The van der Waals surface area contributed by atoms with E-state index in [0.29, 0.717) is 6.04 Å². The Balaban J connectivity index is 1.59. The number of benzene rings is 1. The van der Waals surface area contributed by atoms with Gasteiger partial charge in [0.1, 0.15) is 0 Å². The molecule has 0 atom stereocenters. The summed E-state index contributed by atoms with van der Waals surface area (Å²) in [5, 5.41) is 8.38. The number of aryl methyl sites for hydroxylation is 1. The van der Waals surface area contributed by atoms with Crippen LogP contribution in [-0.2, 0) is 4.74 Å². The quantitative estimate of drug-likeness (QED) is 0.899. The average Bonchev–Trinajstić information content (AvgIpc) is 2.96. The van der Waals surface area contributed by atoms with E-state index in [4.69, 9.17) is 4.74 Å². The molecule has 1 fully saturated rings. The van der Waals surface area contributed by atoms with E-state index in [0.717, 1.165) is 47.9 Å². The number of hydrogen-bond acceptors (Lipinski definition) is 4. The maximum atomic E-state index is 12.2. The fourth-order valence-corrected chi connectivity index (χ4v) is 3.34. The summed E-state index contributed by atoms with van der Waals surface area (Å²) < 4.78 is 5.36. The molecule has 0 radical (unpaired) electrons. The van der Waals surface area contributed by atoms with Crippen LogP contribution in [0.15, 0.2) is 35.7 Å². The number of ether oxygens (including phenoxy) is 1. The smallest absolute Gasteiger partial charge is 0.265 e. The fraction of sp³-hybridized carbons (Fsp3) is 0.353. The van der Waals surface area contributed by atoms with Gasteiger partial charge in [0, 0.05) is 30.6 Å². The van der Waals surface area contributed by atoms with Crippen LogP contribution in [0.2, 0.25) is 0 Å². The number of nitrogens with one attached hydrogen (secondary N) is 2. The molecule has 0 bridgehead atoms. The number of amides is 1. The zero-order valence-electron chi connectivity index (χ0n) is 12.6. The first kappa shape index (κ1) is 15.1. The van der Waals surface area contributed by atoms with Gasteiger partial charge in [0.25, 0.3) is 5.91 Å². The Morgan fingerprint density at radius 1 is 1.14 bits per heavy atom. The van der Waals surface area contributed by atoms with Crippen LogP contribution in [0.4, 0.5) is 11.4 Å². The van der Waals surface area contributed by atoms with Gasteiger partial charge in [-0.05, 0) is 61.0 Å². The molecule has 116 valence electrons. The molecule has 1 aromatic heterocycles. The van der Waals surface area contributed by atoms with Gasteiger partial charge in [-0.3, -0.25) is 4.79 Å². The zero-order valence-corrected chi connectivity index (χ0v) is 13.4. The molecule has 0 unspecified atom stereocenters. The summed E-state index contributed by atoms with van der Waals surface area (Å²) in [6, 6.07) is 10.3. The SMILES string of the molecule is Cc1ccsc1C(=O)Nc1ccc(NC2CCOCC2)cc1. The Labute approximate surface area is 134 Å². The third-order valence-electron chi connectivity index (χ3n) is 3.80. The number of carbonyl (C=O) groups is 1. The Morgan fingerprint density at radius 3 is 2.45 bits per heavy atom. The Bertz CT molecular complexity index is 630. The van der Waals surface area contributed by atoms with E-state index in [1.807, 2.05) is 42.6 Å². The van der Waals surface area contributed by atoms with Crippen molar-refractivity contribution in [3.05, 3.63) is 46.2 Å². The maximum Gasteiger partial charge on any atom is 0.265 e. The van der Waals surface area contributed by atoms with Crippen LogP contribution in [0.3, 0.4) is 0 Å². The fourth-order valence-electron chi connectivity index (χ4n) is 2.52. The van der Waals surface area contributed by atoms with Crippen molar-refractivity contribution in [3.8, 4) is 0 Å². The molecule has 1 saturated heterocycles. The molecular weight excluding hydrogens is 296 g/mol. The third-order valence-corrected chi connectivity index (χ3v) is 4.82. The molecule has 1 aromatic carbocycles. The lowest BCUT2D eigenvalue weighted by atomic mass is 10.1. The van der Waals surface area contributed by atoms with Crippen molar-refractivity contribution in [2.45, 2.75) is 25.8 Å². The maximum absolute atomic E-state index is 12.2. The second-order valence-corrected chi connectivity index (χ2v) is 6.41. The molecular formula is C17H20N2O2S. The van der Waals surface area contributed by atoms with Gasteiger partial charge in [0.15, 0.2) is 0 Å². The van der Waals surface area contributed by atoms with Gasteiger partial charge < -0.3 is 15.4 Å². The van der Waals surface area contributed by atoms with Crippen LogP contribution < -0.4 is 10.6 Å². The molecule has 3 rings (SSSR count). The molecule has 0 spiro atoms. The molecule has 0 aliphatic carbocycles. The lowest BCUT2D eigenvalue weighted by Gasteiger charge is -2.24. The van der Waals surface area contributed by atoms with Gasteiger partial charge in [0.05, 0.1) is 4.88 Å². The molecule has 1 aliphatic heterocycles. The predicted molar refractivity (Wildman–Crippen MR) is 90.9 cm³/mol. The van der Waals surface area contributed by atoms with E-state index in [2.05, 4.69) is 10.6 Å². The molecule has 22 heavy (non-hydrogen) atoms. The first-order valence-corrected chi connectivity index (χ1v) is 8.40. The zero-order chi connectivity index (χ0) is 15.4. The summed E-state index contributed by atoms with van der Waals surface area (Å²) in [7, 11) is 0. The summed E-state index contributed by atoms with van der Waals surface area (Å²) in [6.45, 7) is 3.60. The van der Waals surface area contributed by atoms with E-state index in [1.54, 1.807) is 0 Å². The normalized spacial score (nSPS) is 15.5. The van der Waals surface area contributed by atoms with Crippen molar-refractivity contribution in [1.29, 1.82) is 0 Å². The number of rotatable bonds is 4. The van der Waals surface area contributed by atoms with E-state index in [-0.39, 0.29) is 5.91 Å². The van der Waals surface area contributed by atoms with E-state index in [9.17, 15) is 4.79 Å². The number of thiophene rings is 1. The minimum absolute atomic E-state index is 0.0439. The molecule has 2 N–H and O–H groups in total. The van der Waals surface area contributed by atoms with E-state index >= 15 is 0 Å². The summed E-state index contributed by atoms with van der Waals surface area (Å²) in [5.41, 5.74) is 2.91. The monoisotopic (exact) mass is 316 g/mol. The highest BCUT2D eigenvalue weighted by molar-refractivity contribution is 7.12. The molecule has 2 heterocycles. The van der Waals surface area contributed by atoms with Gasteiger partial charge in [-0.15, -0.1) is 11.3 Å². The molecule has 2 aromatic rings. The Morgan fingerprint density at radius 2 is 1.82 bits per heavy atom. The number of anilines is 2. The summed E-state index contributed by atoms with van der Waals surface area (Å²) >= 11 is 1.47. The largest absolute Gasteiger partial charge is 0.382 e. The highest BCUT2D eigenvalue weighted by Crippen LogP contribution is 2.20. The highest BCUT2D eigenvalue weighted by Gasteiger charge is 2.13. The predicted octanol–water partition coefficient (Wildman–Crippen LogP) is 3.90. The van der Waals surface area contributed by atoms with Crippen molar-refractivity contribution >= 4 is 28.6 Å². The topological polar surface area (TPSA) is 50.4 Å². The first-order chi connectivity index (χ1) is 10.7. The lowest BCUT2D eigenvalue weighted by Crippen LogP contribution is -2.27.